The fourth-order valence-electron chi connectivity index (χ4n) is 2.72. The van der Waals surface area contributed by atoms with Crippen LogP contribution in [0.4, 0.5) is 5.69 Å². The number of methoxy groups -OCH3 is 1. The van der Waals surface area contributed by atoms with Crippen LogP contribution in [0.1, 0.15) is 36.0 Å². The van der Waals surface area contributed by atoms with Gasteiger partial charge in [-0.25, -0.2) is 0 Å². The van der Waals surface area contributed by atoms with Crippen LogP contribution in [0.15, 0.2) is 42.5 Å². The van der Waals surface area contributed by atoms with E-state index in [1.165, 1.54) is 11.1 Å². The van der Waals surface area contributed by atoms with Gasteiger partial charge in [0.15, 0.2) is 0 Å². The zero-order chi connectivity index (χ0) is 16.8. The molecule has 0 saturated heterocycles. The molecule has 1 unspecified atom stereocenters. The van der Waals surface area contributed by atoms with E-state index in [1.54, 1.807) is 25.3 Å². The van der Waals surface area contributed by atoms with Crippen LogP contribution in [0.3, 0.4) is 0 Å². The highest BCUT2D eigenvalue weighted by atomic mass is 16.5. The van der Waals surface area contributed by atoms with E-state index in [4.69, 9.17) is 4.74 Å². The first-order chi connectivity index (χ1) is 11.0. The normalized spacial score (nSPS) is 11.8. The van der Waals surface area contributed by atoms with Gasteiger partial charge in [-0.05, 0) is 42.2 Å². The first-order valence-electron chi connectivity index (χ1n) is 7.68. The van der Waals surface area contributed by atoms with Crippen LogP contribution in [0.2, 0.25) is 0 Å². The third kappa shape index (κ3) is 4.33. The van der Waals surface area contributed by atoms with Crippen LogP contribution in [0.25, 0.3) is 0 Å². The van der Waals surface area contributed by atoms with E-state index in [2.05, 4.69) is 31.3 Å². The standard InChI is InChI=1S/C19H23NO3/c1-13-6-4-5-7-17(13)14(2)10-19(22)20-16-8-9-18(23-3)15(11-16)12-21/h4-9,11,14,21H,10,12H2,1-3H3,(H,20,22). The van der Waals surface area contributed by atoms with Crippen molar-refractivity contribution in [3.05, 3.63) is 59.2 Å². The first kappa shape index (κ1) is 17.0. The van der Waals surface area contributed by atoms with E-state index < -0.39 is 0 Å². The molecule has 23 heavy (non-hydrogen) atoms. The van der Waals surface area contributed by atoms with E-state index in [0.29, 0.717) is 23.4 Å². The second kappa shape index (κ2) is 7.79. The first-order valence-corrected chi connectivity index (χ1v) is 7.68. The molecule has 0 heterocycles. The average molecular weight is 313 g/mol. The molecule has 0 spiro atoms. The lowest BCUT2D eigenvalue weighted by Gasteiger charge is -2.15. The summed E-state index contributed by atoms with van der Waals surface area (Å²) in [7, 11) is 1.55. The number of rotatable bonds is 6. The highest BCUT2D eigenvalue weighted by Crippen LogP contribution is 2.25. The van der Waals surface area contributed by atoms with Gasteiger partial charge in [0.2, 0.25) is 5.91 Å². The van der Waals surface area contributed by atoms with Crippen LogP contribution in [-0.2, 0) is 11.4 Å². The molecule has 0 bridgehead atoms. The van der Waals surface area contributed by atoms with E-state index in [9.17, 15) is 9.90 Å². The Hall–Kier alpha value is -2.33. The molecule has 122 valence electrons. The minimum atomic E-state index is -0.132. The van der Waals surface area contributed by atoms with Gasteiger partial charge in [0.05, 0.1) is 13.7 Å². The summed E-state index contributed by atoms with van der Waals surface area (Å²) in [5, 5.41) is 12.2. The van der Waals surface area contributed by atoms with Crippen molar-refractivity contribution in [2.75, 3.05) is 12.4 Å². The van der Waals surface area contributed by atoms with Crippen molar-refractivity contribution in [2.24, 2.45) is 0 Å². The summed E-state index contributed by atoms with van der Waals surface area (Å²) in [4.78, 5) is 12.3. The minimum Gasteiger partial charge on any atom is -0.496 e. The Labute approximate surface area is 137 Å². The number of aryl methyl sites for hydroxylation is 1. The van der Waals surface area contributed by atoms with Crippen molar-refractivity contribution >= 4 is 11.6 Å². The Morgan fingerprint density at radius 1 is 1.26 bits per heavy atom. The number of carbonyl (C=O) groups is 1. The Morgan fingerprint density at radius 3 is 2.65 bits per heavy atom. The average Bonchev–Trinajstić information content (AvgIpc) is 2.54. The molecule has 4 heteroatoms. The monoisotopic (exact) mass is 313 g/mol. The lowest BCUT2D eigenvalue weighted by molar-refractivity contribution is -0.116. The topological polar surface area (TPSA) is 58.6 Å². The van der Waals surface area contributed by atoms with Gasteiger partial charge in [-0.3, -0.25) is 4.79 Å². The third-order valence-corrected chi connectivity index (χ3v) is 3.95. The lowest BCUT2D eigenvalue weighted by Crippen LogP contribution is -2.15. The number of ether oxygens (including phenoxy) is 1. The van der Waals surface area contributed by atoms with Crippen molar-refractivity contribution in [1.29, 1.82) is 0 Å². The summed E-state index contributed by atoms with van der Waals surface area (Å²) in [6, 6.07) is 13.4. The molecule has 1 amide bonds. The zero-order valence-corrected chi connectivity index (χ0v) is 13.8. The van der Waals surface area contributed by atoms with Crippen molar-refractivity contribution in [3.63, 3.8) is 0 Å². The van der Waals surface area contributed by atoms with Crippen molar-refractivity contribution in [1.82, 2.24) is 0 Å². The molecule has 1 atom stereocenters. The summed E-state index contributed by atoms with van der Waals surface area (Å²) < 4.78 is 5.16. The van der Waals surface area contributed by atoms with Crippen molar-refractivity contribution < 1.29 is 14.6 Å². The third-order valence-electron chi connectivity index (χ3n) is 3.95. The Balaban J connectivity index is 2.03. The second-order valence-electron chi connectivity index (χ2n) is 5.69. The van der Waals surface area contributed by atoms with Gasteiger partial charge in [-0.1, -0.05) is 31.2 Å². The van der Waals surface area contributed by atoms with Crippen LogP contribution in [-0.4, -0.2) is 18.1 Å². The van der Waals surface area contributed by atoms with E-state index >= 15 is 0 Å². The van der Waals surface area contributed by atoms with E-state index in [0.717, 1.165) is 0 Å². The van der Waals surface area contributed by atoms with Crippen molar-refractivity contribution in [2.45, 2.75) is 32.8 Å². The van der Waals surface area contributed by atoms with Crippen LogP contribution in [0.5, 0.6) is 5.75 Å². The maximum absolute atomic E-state index is 12.3. The number of carbonyl (C=O) groups excluding carboxylic acids is 1. The second-order valence-corrected chi connectivity index (χ2v) is 5.69. The number of aliphatic hydroxyl groups is 1. The number of amides is 1. The molecule has 0 aliphatic rings. The number of benzene rings is 2. The molecule has 0 aromatic heterocycles. The zero-order valence-electron chi connectivity index (χ0n) is 13.8. The fourth-order valence-corrected chi connectivity index (χ4v) is 2.72. The Morgan fingerprint density at radius 2 is 2.00 bits per heavy atom. The van der Waals surface area contributed by atoms with Gasteiger partial charge in [0.1, 0.15) is 5.75 Å². The molecular formula is C19H23NO3. The molecule has 4 nitrogen and oxygen atoms in total. The molecule has 0 radical (unpaired) electrons. The quantitative estimate of drug-likeness (QED) is 0.856. The highest BCUT2D eigenvalue weighted by Gasteiger charge is 2.13. The molecule has 0 fully saturated rings. The number of anilines is 1. The maximum Gasteiger partial charge on any atom is 0.224 e. The number of aliphatic hydroxyl groups excluding tert-OH is 1. The minimum absolute atomic E-state index is 0.0465. The van der Waals surface area contributed by atoms with Gasteiger partial charge in [0.25, 0.3) is 0 Å². The number of hydrogen-bond donors (Lipinski definition) is 2. The van der Waals surface area contributed by atoms with Gasteiger partial charge >= 0.3 is 0 Å². The molecule has 0 saturated carbocycles. The van der Waals surface area contributed by atoms with Gasteiger partial charge in [0, 0.05) is 17.7 Å². The predicted molar refractivity (Wildman–Crippen MR) is 91.8 cm³/mol. The van der Waals surface area contributed by atoms with Gasteiger partial charge in [-0.15, -0.1) is 0 Å². The Bertz CT molecular complexity index is 682. The lowest BCUT2D eigenvalue weighted by atomic mass is 9.93. The largest absolute Gasteiger partial charge is 0.496 e. The fraction of sp³-hybridized carbons (Fsp3) is 0.316. The van der Waals surface area contributed by atoms with E-state index in [-0.39, 0.29) is 18.4 Å². The molecule has 2 aromatic rings. The smallest absolute Gasteiger partial charge is 0.224 e. The molecule has 2 N–H and O–H groups in total. The number of hydrogen-bond acceptors (Lipinski definition) is 3. The summed E-state index contributed by atoms with van der Waals surface area (Å²) in [6.07, 6.45) is 0.408. The van der Waals surface area contributed by atoms with Crippen LogP contribution >= 0.6 is 0 Å². The van der Waals surface area contributed by atoms with Gasteiger partial charge < -0.3 is 15.2 Å². The Kier molecular flexibility index (Phi) is 5.77. The highest BCUT2D eigenvalue weighted by molar-refractivity contribution is 5.91. The van der Waals surface area contributed by atoms with Crippen molar-refractivity contribution in [3.8, 4) is 5.75 Å². The summed E-state index contributed by atoms with van der Waals surface area (Å²) >= 11 is 0. The molecule has 2 aromatic carbocycles. The SMILES string of the molecule is COc1ccc(NC(=O)CC(C)c2ccccc2C)cc1CO. The summed E-state index contributed by atoms with van der Waals surface area (Å²) in [6.45, 7) is 3.97. The predicted octanol–water partition coefficient (Wildman–Crippen LogP) is 3.63. The maximum atomic E-state index is 12.3. The molecule has 0 aliphatic heterocycles. The molecule has 2 rings (SSSR count). The molecule has 0 aliphatic carbocycles. The van der Waals surface area contributed by atoms with E-state index in [1.807, 2.05) is 12.1 Å². The van der Waals surface area contributed by atoms with Crippen LogP contribution in [0, 0.1) is 6.92 Å². The van der Waals surface area contributed by atoms with Crippen LogP contribution < -0.4 is 10.1 Å². The number of nitrogens with one attached hydrogen (secondary N) is 1. The summed E-state index contributed by atoms with van der Waals surface area (Å²) in [5.74, 6) is 0.709. The summed E-state index contributed by atoms with van der Waals surface area (Å²) in [5.41, 5.74) is 3.70. The molecular weight excluding hydrogens is 290 g/mol. The van der Waals surface area contributed by atoms with Gasteiger partial charge in [-0.2, -0.15) is 0 Å².